The first kappa shape index (κ1) is 16.1. The van der Waals surface area contributed by atoms with Crippen LogP contribution in [0.1, 0.15) is 15.9 Å². The lowest BCUT2D eigenvalue weighted by atomic mass is 10.1. The molecular weight excluding hydrogens is 330 g/mol. The van der Waals surface area contributed by atoms with Gasteiger partial charge in [0.05, 0.1) is 5.56 Å². The van der Waals surface area contributed by atoms with Gasteiger partial charge in [0.2, 0.25) is 6.79 Å². The van der Waals surface area contributed by atoms with Crippen molar-refractivity contribution in [1.82, 2.24) is 15.3 Å². The highest BCUT2D eigenvalue weighted by Gasteiger charge is 2.13. The number of fused-ring (bicyclic) bond motifs is 1. The first-order valence-corrected chi connectivity index (χ1v) is 8.34. The van der Waals surface area contributed by atoms with Crippen LogP contribution in [0.4, 0.5) is 0 Å². The molecule has 1 aliphatic rings. The number of hydrogen-bond acceptors (Lipinski definition) is 5. The van der Waals surface area contributed by atoms with E-state index in [1.54, 1.807) is 12.4 Å². The smallest absolute Gasteiger partial charge is 0.254 e. The summed E-state index contributed by atoms with van der Waals surface area (Å²) in [5.41, 5.74) is 2.43. The Kier molecular flexibility index (Phi) is 4.47. The Morgan fingerprint density at radius 1 is 1.00 bits per heavy atom. The van der Waals surface area contributed by atoms with Gasteiger partial charge in [0.1, 0.15) is 0 Å². The minimum absolute atomic E-state index is 0.189. The maximum atomic E-state index is 12.2. The van der Waals surface area contributed by atoms with Crippen LogP contribution in [0.15, 0.2) is 60.9 Å². The summed E-state index contributed by atoms with van der Waals surface area (Å²) in [4.78, 5) is 20.8. The number of rotatable bonds is 5. The van der Waals surface area contributed by atoms with Crippen LogP contribution in [0.5, 0.6) is 11.5 Å². The first-order chi connectivity index (χ1) is 12.8. The van der Waals surface area contributed by atoms with E-state index in [-0.39, 0.29) is 12.7 Å². The van der Waals surface area contributed by atoms with Gasteiger partial charge in [0, 0.05) is 24.5 Å². The van der Waals surface area contributed by atoms with E-state index in [1.807, 2.05) is 48.5 Å². The molecule has 1 aliphatic heterocycles. The molecule has 0 saturated carbocycles. The van der Waals surface area contributed by atoms with Gasteiger partial charge in [-0.1, -0.05) is 36.4 Å². The lowest BCUT2D eigenvalue weighted by Crippen LogP contribution is -2.26. The maximum absolute atomic E-state index is 12.2. The summed E-state index contributed by atoms with van der Waals surface area (Å²) in [7, 11) is 0. The van der Waals surface area contributed by atoms with Gasteiger partial charge in [-0.25, -0.2) is 9.97 Å². The summed E-state index contributed by atoms with van der Waals surface area (Å²) >= 11 is 0. The average molecular weight is 347 g/mol. The van der Waals surface area contributed by atoms with Crippen LogP contribution in [-0.2, 0) is 6.42 Å². The highest BCUT2D eigenvalue weighted by Crippen LogP contribution is 2.32. The van der Waals surface area contributed by atoms with Crippen LogP contribution in [-0.4, -0.2) is 29.2 Å². The number of ether oxygens (including phenoxy) is 2. The molecule has 0 aliphatic carbocycles. The molecule has 3 aromatic rings. The monoisotopic (exact) mass is 347 g/mol. The second kappa shape index (κ2) is 7.23. The van der Waals surface area contributed by atoms with Gasteiger partial charge >= 0.3 is 0 Å². The Bertz CT molecular complexity index is 911. The normalized spacial score (nSPS) is 12.0. The summed E-state index contributed by atoms with van der Waals surface area (Å²) in [5.74, 6) is 1.92. The quantitative estimate of drug-likeness (QED) is 0.768. The number of nitrogens with zero attached hydrogens (tertiary/aromatic N) is 2. The van der Waals surface area contributed by atoms with Gasteiger partial charge in [0.15, 0.2) is 17.3 Å². The molecule has 26 heavy (non-hydrogen) atoms. The molecule has 0 bridgehead atoms. The van der Waals surface area contributed by atoms with Gasteiger partial charge in [-0.15, -0.1) is 0 Å². The van der Waals surface area contributed by atoms with E-state index in [1.165, 1.54) is 0 Å². The number of carbonyl (C=O) groups excluding carboxylic acids is 1. The van der Waals surface area contributed by atoms with Crippen LogP contribution >= 0.6 is 0 Å². The van der Waals surface area contributed by atoms with Crippen LogP contribution in [0.2, 0.25) is 0 Å². The van der Waals surface area contributed by atoms with Crippen molar-refractivity contribution in [1.29, 1.82) is 0 Å². The average Bonchev–Trinajstić information content (AvgIpc) is 3.16. The third kappa shape index (κ3) is 3.49. The highest BCUT2D eigenvalue weighted by molar-refractivity contribution is 5.93. The number of carbonyl (C=O) groups is 1. The van der Waals surface area contributed by atoms with Crippen LogP contribution in [0, 0.1) is 0 Å². The topological polar surface area (TPSA) is 73.3 Å². The number of aromatic nitrogens is 2. The summed E-state index contributed by atoms with van der Waals surface area (Å²) in [6.07, 6.45) is 3.79. The molecule has 4 rings (SSSR count). The summed E-state index contributed by atoms with van der Waals surface area (Å²) < 4.78 is 10.6. The van der Waals surface area contributed by atoms with Gasteiger partial charge in [-0.2, -0.15) is 0 Å². The highest BCUT2D eigenvalue weighted by atomic mass is 16.7. The molecule has 2 heterocycles. The van der Waals surface area contributed by atoms with Crippen molar-refractivity contribution in [3.05, 3.63) is 72.1 Å². The van der Waals surface area contributed by atoms with Crippen LogP contribution in [0.25, 0.3) is 11.4 Å². The molecule has 6 nitrogen and oxygen atoms in total. The van der Waals surface area contributed by atoms with Gasteiger partial charge in [-0.05, 0) is 24.1 Å². The zero-order chi connectivity index (χ0) is 17.8. The predicted octanol–water partition coefficient (Wildman–Crippen LogP) is 2.84. The van der Waals surface area contributed by atoms with E-state index in [4.69, 9.17) is 9.47 Å². The standard InChI is InChI=1S/C20H17N3O3/c24-20(16-11-22-19(23-12-16)15-4-2-1-3-5-15)21-9-8-14-6-7-17-18(10-14)26-13-25-17/h1-7,10-12H,8-9,13H2,(H,21,24). The fourth-order valence-corrected chi connectivity index (χ4v) is 2.70. The number of benzene rings is 2. The fourth-order valence-electron chi connectivity index (χ4n) is 2.70. The van der Waals surface area contributed by atoms with Crippen molar-refractivity contribution in [2.24, 2.45) is 0 Å². The van der Waals surface area contributed by atoms with Crippen molar-refractivity contribution in [3.63, 3.8) is 0 Å². The van der Waals surface area contributed by atoms with Gasteiger partial charge < -0.3 is 14.8 Å². The Balaban J connectivity index is 1.33. The minimum Gasteiger partial charge on any atom is -0.454 e. The van der Waals surface area contributed by atoms with E-state index in [2.05, 4.69) is 15.3 Å². The molecule has 0 radical (unpaired) electrons. The minimum atomic E-state index is -0.189. The molecule has 1 aromatic heterocycles. The Hall–Kier alpha value is -3.41. The zero-order valence-electron chi connectivity index (χ0n) is 14.0. The van der Waals surface area contributed by atoms with Gasteiger partial charge in [0.25, 0.3) is 5.91 Å². The number of hydrogen-bond donors (Lipinski definition) is 1. The Morgan fingerprint density at radius 3 is 2.58 bits per heavy atom. The van der Waals surface area contributed by atoms with E-state index >= 15 is 0 Å². The number of amides is 1. The lowest BCUT2D eigenvalue weighted by molar-refractivity contribution is 0.0953. The number of nitrogens with one attached hydrogen (secondary N) is 1. The van der Waals surface area contributed by atoms with Crippen molar-refractivity contribution >= 4 is 5.91 Å². The lowest BCUT2D eigenvalue weighted by Gasteiger charge is -2.06. The van der Waals surface area contributed by atoms with Crippen LogP contribution < -0.4 is 14.8 Å². The fraction of sp³-hybridized carbons (Fsp3) is 0.150. The molecule has 0 saturated heterocycles. The molecule has 1 amide bonds. The largest absolute Gasteiger partial charge is 0.454 e. The molecule has 130 valence electrons. The third-order valence-corrected chi connectivity index (χ3v) is 4.08. The van der Waals surface area contributed by atoms with Gasteiger partial charge in [-0.3, -0.25) is 4.79 Å². The van der Waals surface area contributed by atoms with Crippen LogP contribution in [0.3, 0.4) is 0 Å². The van der Waals surface area contributed by atoms with E-state index in [0.717, 1.165) is 22.6 Å². The zero-order valence-corrected chi connectivity index (χ0v) is 14.0. The van der Waals surface area contributed by atoms with Crippen molar-refractivity contribution in [3.8, 4) is 22.9 Å². The molecule has 0 fully saturated rings. The molecule has 0 unspecified atom stereocenters. The summed E-state index contributed by atoms with van der Waals surface area (Å²) in [5, 5.41) is 2.88. The first-order valence-electron chi connectivity index (χ1n) is 8.34. The SMILES string of the molecule is O=C(NCCc1ccc2c(c1)OCO2)c1cnc(-c2ccccc2)nc1. The molecular formula is C20H17N3O3. The predicted molar refractivity (Wildman–Crippen MR) is 96.1 cm³/mol. The van der Waals surface area contributed by atoms with Crippen molar-refractivity contribution in [2.45, 2.75) is 6.42 Å². The summed E-state index contributed by atoms with van der Waals surface area (Å²) in [6, 6.07) is 15.4. The second-order valence-electron chi connectivity index (χ2n) is 5.85. The maximum Gasteiger partial charge on any atom is 0.254 e. The molecule has 6 heteroatoms. The Morgan fingerprint density at radius 2 is 1.77 bits per heavy atom. The molecule has 0 spiro atoms. The van der Waals surface area contributed by atoms with E-state index in [9.17, 15) is 4.79 Å². The second-order valence-corrected chi connectivity index (χ2v) is 5.85. The molecule has 2 aromatic carbocycles. The van der Waals surface area contributed by atoms with Crippen molar-refractivity contribution in [2.75, 3.05) is 13.3 Å². The molecule has 1 N–H and O–H groups in total. The third-order valence-electron chi connectivity index (χ3n) is 4.08. The Labute approximate surface area is 150 Å². The van der Waals surface area contributed by atoms with Crippen molar-refractivity contribution < 1.29 is 14.3 Å². The molecule has 0 atom stereocenters. The van der Waals surface area contributed by atoms with E-state index < -0.39 is 0 Å². The van der Waals surface area contributed by atoms with E-state index in [0.29, 0.717) is 24.4 Å². The summed E-state index contributed by atoms with van der Waals surface area (Å²) in [6.45, 7) is 0.771.